The van der Waals surface area contributed by atoms with Gasteiger partial charge < -0.3 is 4.74 Å². The molecular weight excluding hydrogens is 357 g/mol. The molecule has 0 N–H and O–H groups in total. The average Bonchev–Trinajstić information content (AvgIpc) is 3.12. The highest BCUT2D eigenvalue weighted by Crippen LogP contribution is 2.28. The smallest absolute Gasteiger partial charge is 0.316 e. The van der Waals surface area contributed by atoms with Crippen LogP contribution < -0.4 is 4.74 Å². The minimum absolute atomic E-state index is 0.0424. The number of nitrogens with zero attached hydrogens (tertiary/aromatic N) is 3. The van der Waals surface area contributed by atoms with Crippen molar-refractivity contribution in [2.45, 2.75) is 17.4 Å². The van der Waals surface area contributed by atoms with Crippen LogP contribution >= 0.6 is 0 Å². The Hall–Kier alpha value is -2.58. The molecule has 1 aliphatic heterocycles. The quantitative estimate of drug-likeness (QED) is 0.703. The second-order valence-corrected chi connectivity index (χ2v) is 7.96. The van der Waals surface area contributed by atoms with Crippen LogP contribution in [0.2, 0.25) is 0 Å². The van der Waals surface area contributed by atoms with Crippen molar-refractivity contribution in [1.29, 1.82) is 0 Å². The Morgan fingerprint density at radius 3 is 2.62 bits per heavy atom. The molecule has 0 saturated carbocycles. The first-order valence-corrected chi connectivity index (χ1v) is 9.60. The Bertz CT molecular complexity index is 1040. The molecule has 26 heavy (non-hydrogen) atoms. The van der Waals surface area contributed by atoms with Gasteiger partial charge in [-0.2, -0.15) is 4.31 Å². The molecule has 1 aliphatic rings. The maximum absolute atomic E-state index is 13.1. The second kappa shape index (κ2) is 6.62. The molecule has 134 valence electrons. The molecule has 1 atom stereocenters. The van der Waals surface area contributed by atoms with Gasteiger partial charge in [0.05, 0.1) is 23.8 Å². The van der Waals surface area contributed by atoms with Crippen LogP contribution in [-0.4, -0.2) is 41.9 Å². The second-order valence-electron chi connectivity index (χ2n) is 6.05. The van der Waals surface area contributed by atoms with E-state index in [0.29, 0.717) is 18.4 Å². The summed E-state index contributed by atoms with van der Waals surface area (Å²) in [6.45, 7) is 0.545. The Morgan fingerprint density at radius 1 is 1.08 bits per heavy atom. The van der Waals surface area contributed by atoms with E-state index in [-0.39, 0.29) is 23.6 Å². The fourth-order valence-electron chi connectivity index (χ4n) is 3.08. The van der Waals surface area contributed by atoms with Crippen LogP contribution in [0.25, 0.3) is 10.8 Å². The van der Waals surface area contributed by atoms with Gasteiger partial charge in [-0.1, -0.05) is 36.4 Å². The zero-order valence-electron chi connectivity index (χ0n) is 13.7. The first kappa shape index (κ1) is 16.9. The van der Waals surface area contributed by atoms with Gasteiger partial charge in [-0.15, -0.1) is 0 Å². The lowest BCUT2D eigenvalue weighted by Crippen LogP contribution is -2.31. The SMILES string of the molecule is O=S(=O)(c1cccc2ccccc12)N1CC[C@H](Oc2ncc(F)cn2)C1. The zero-order chi connectivity index (χ0) is 18.1. The number of halogens is 1. The summed E-state index contributed by atoms with van der Waals surface area (Å²) < 4.78 is 46.0. The highest BCUT2D eigenvalue weighted by Gasteiger charge is 2.34. The van der Waals surface area contributed by atoms with Crippen molar-refractivity contribution in [3.05, 3.63) is 60.7 Å². The summed E-state index contributed by atoms with van der Waals surface area (Å²) in [5.74, 6) is -0.552. The minimum atomic E-state index is -3.64. The van der Waals surface area contributed by atoms with E-state index in [0.717, 1.165) is 17.8 Å². The van der Waals surface area contributed by atoms with Gasteiger partial charge in [-0.3, -0.25) is 0 Å². The van der Waals surface area contributed by atoms with E-state index < -0.39 is 15.8 Å². The fourth-order valence-corrected chi connectivity index (χ4v) is 4.78. The van der Waals surface area contributed by atoms with Gasteiger partial charge in [0.15, 0.2) is 5.82 Å². The molecule has 4 rings (SSSR count). The summed E-state index contributed by atoms with van der Waals surface area (Å²) in [6.07, 6.45) is 2.18. The van der Waals surface area contributed by atoms with Crippen molar-refractivity contribution >= 4 is 20.8 Å². The van der Waals surface area contributed by atoms with Gasteiger partial charge in [0.2, 0.25) is 10.0 Å². The van der Waals surface area contributed by atoms with Crippen LogP contribution in [0.15, 0.2) is 59.8 Å². The first-order valence-electron chi connectivity index (χ1n) is 8.16. The third-order valence-electron chi connectivity index (χ3n) is 4.34. The number of fused-ring (bicyclic) bond motifs is 1. The van der Waals surface area contributed by atoms with E-state index in [1.165, 1.54) is 4.31 Å². The fraction of sp³-hybridized carbons (Fsp3) is 0.222. The van der Waals surface area contributed by atoms with Crippen LogP contribution in [0, 0.1) is 5.82 Å². The Labute approximate surface area is 150 Å². The molecule has 0 radical (unpaired) electrons. The average molecular weight is 373 g/mol. The van der Waals surface area contributed by atoms with Crippen molar-refractivity contribution in [3.63, 3.8) is 0 Å². The van der Waals surface area contributed by atoms with Gasteiger partial charge in [0.1, 0.15) is 6.10 Å². The first-order chi connectivity index (χ1) is 12.5. The molecule has 8 heteroatoms. The normalized spacial score (nSPS) is 18.3. The number of rotatable bonds is 4. The topological polar surface area (TPSA) is 72.4 Å². The van der Waals surface area contributed by atoms with Crippen molar-refractivity contribution < 1.29 is 17.5 Å². The molecule has 6 nitrogen and oxygen atoms in total. The molecule has 0 bridgehead atoms. The van der Waals surface area contributed by atoms with Gasteiger partial charge >= 0.3 is 6.01 Å². The van der Waals surface area contributed by atoms with E-state index in [9.17, 15) is 12.8 Å². The van der Waals surface area contributed by atoms with Gasteiger partial charge in [-0.25, -0.2) is 22.8 Å². The lowest BCUT2D eigenvalue weighted by molar-refractivity contribution is 0.197. The predicted molar refractivity (Wildman–Crippen MR) is 93.7 cm³/mol. The standard InChI is InChI=1S/C18H16FN3O3S/c19-14-10-20-18(21-11-14)25-15-8-9-22(12-15)26(23,24)17-7-3-5-13-4-1-2-6-16(13)17/h1-7,10-11,15H,8-9,12H2/t15-/m0/s1. The monoisotopic (exact) mass is 373 g/mol. The summed E-state index contributed by atoms with van der Waals surface area (Å²) >= 11 is 0. The predicted octanol–water partition coefficient (Wildman–Crippen LogP) is 2.61. The lowest BCUT2D eigenvalue weighted by atomic mass is 10.1. The summed E-state index contributed by atoms with van der Waals surface area (Å²) in [5, 5.41) is 1.57. The van der Waals surface area contributed by atoms with Crippen molar-refractivity contribution in [2.75, 3.05) is 13.1 Å². The zero-order valence-corrected chi connectivity index (χ0v) is 14.6. The van der Waals surface area contributed by atoms with Crippen molar-refractivity contribution in [3.8, 4) is 6.01 Å². The molecular formula is C18H16FN3O3S. The van der Waals surface area contributed by atoms with E-state index in [1.807, 2.05) is 24.3 Å². The minimum Gasteiger partial charge on any atom is -0.459 e. The number of aromatic nitrogens is 2. The molecule has 1 fully saturated rings. The number of hydrogen-bond acceptors (Lipinski definition) is 5. The van der Waals surface area contributed by atoms with E-state index in [1.54, 1.807) is 18.2 Å². The number of hydrogen-bond donors (Lipinski definition) is 0. The third kappa shape index (κ3) is 3.13. The molecule has 1 saturated heterocycles. The Morgan fingerprint density at radius 2 is 1.81 bits per heavy atom. The van der Waals surface area contributed by atoms with E-state index in [4.69, 9.17) is 4.74 Å². The lowest BCUT2D eigenvalue weighted by Gasteiger charge is -2.18. The molecule has 0 amide bonds. The van der Waals surface area contributed by atoms with Crippen molar-refractivity contribution in [2.24, 2.45) is 0 Å². The number of benzene rings is 2. The van der Waals surface area contributed by atoms with Gasteiger partial charge in [0, 0.05) is 11.9 Å². The molecule has 0 aliphatic carbocycles. The third-order valence-corrected chi connectivity index (χ3v) is 6.27. The Balaban J connectivity index is 1.56. The van der Waals surface area contributed by atoms with E-state index in [2.05, 4.69) is 9.97 Å². The number of sulfonamides is 1. The van der Waals surface area contributed by atoms with Crippen LogP contribution in [0.4, 0.5) is 4.39 Å². The molecule has 2 heterocycles. The summed E-state index contributed by atoms with van der Waals surface area (Å²) in [7, 11) is -3.64. The maximum atomic E-state index is 13.1. The molecule has 1 aromatic heterocycles. The molecule has 0 unspecified atom stereocenters. The molecule has 2 aromatic carbocycles. The maximum Gasteiger partial charge on any atom is 0.316 e. The van der Waals surface area contributed by atoms with Crippen LogP contribution in [0.5, 0.6) is 6.01 Å². The largest absolute Gasteiger partial charge is 0.459 e. The van der Waals surface area contributed by atoms with Crippen LogP contribution in [-0.2, 0) is 10.0 Å². The molecule has 3 aromatic rings. The Kier molecular flexibility index (Phi) is 4.29. The van der Waals surface area contributed by atoms with E-state index >= 15 is 0 Å². The van der Waals surface area contributed by atoms with Crippen LogP contribution in [0.1, 0.15) is 6.42 Å². The molecule has 0 spiro atoms. The van der Waals surface area contributed by atoms with Gasteiger partial charge in [-0.05, 0) is 17.9 Å². The van der Waals surface area contributed by atoms with Crippen LogP contribution in [0.3, 0.4) is 0 Å². The summed E-state index contributed by atoms with van der Waals surface area (Å²) in [4.78, 5) is 7.79. The highest BCUT2D eigenvalue weighted by atomic mass is 32.2. The van der Waals surface area contributed by atoms with Crippen molar-refractivity contribution in [1.82, 2.24) is 14.3 Å². The van der Waals surface area contributed by atoms with Gasteiger partial charge in [0.25, 0.3) is 0 Å². The summed E-state index contributed by atoms with van der Waals surface area (Å²) in [5.41, 5.74) is 0. The summed E-state index contributed by atoms with van der Waals surface area (Å²) in [6, 6.07) is 12.7. The number of ether oxygens (including phenoxy) is 1. The highest BCUT2D eigenvalue weighted by molar-refractivity contribution is 7.89.